The monoisotopic (exact) mass is 168 g/mol. The van der Waals surface area contributed by atoms with E-state index in [1.165, 1.54) is 22.0 Å². The first-order valence-electron chi connectivity index (χ1n) is 4.48. The molecule has 13 heavy (non-hydrogen) atoms. The first-order valence-corrected chi connectivity index (χ1v) is 4.48. The Hall–Kier alpha value is -1.60. The van der Waals surface area contributed by atoms with E-state index < -0.39 is 0 Å². The molecule has 3 rings (SSSR count). The molecule has 0 unspecified atom stereocenters. The molecule has 2 N–H and O–H groups in total. The summed E-state index contributed by atoms with van der Waals surface area (Å²) < 4.78 is 0. The smallest absolute Gasteiger partial charge is 0.142 e. The first-order chi connectivity index (χ1) is 6.45. The van der Waals surface area contributed by atoms with Gasteiger partial charge in [-0.25, -0.2) is 0 Å². The van der Waals surface area contributed by atoms with Gasteiger partial charge < -0.3 is 0 Å². The van der Waals surface area contributed by atoms with Crippen LogP contribution in [0.2, 0.25) is 0 Å². The van der Waals surface area contributed by atoms with E-state index in [0.29, 0.717) is 0 Å². The van der Waals surface area contributed by atoms with Crippen LogP contribution in [0.25, 0.3) is 16.8 Å². The summed E-state index contributed by atoms with van der Waals surface area (Å²) in [7, 11) is 0. The largest absolute Gasteiger partial charge is 0.287 e. The van der Waals surface area contributed by atoms with Crippen LogP contribution in [-0.4, -0.2) is 0 Å². The molecule has 0 atom stereocenters. The molecule has 0 aromatic heterocycles. The Balaban J connectivity index is 2.49. The summed E-state index contributed by atoms with van der Waals surface area (Å²) in [5.74, 6) is 0. The molecule has 0 spiro atoms. The number of quaternary nitrogens is 1. The molecule has 0 fully saturated rings. The van der Waals surface area contributed by atoms with E-state index in [2.05, 4.69) is 54.0 Å². The van der Waals surface area contributed by atoms with Gasteiger partial charge in [-0.05, 0) is 16.8 Å². The van der Waals surface area contributed by atoms with Gasteiger partial charge in [-0.3, -0.25) is 5.32 Å². The summed E-state index contributed by atoms with van der Waals surface area (Å²) in [6, 6.07) is 12.9. The minimum Gasteiger partial charge on any atom is -0.287 e. The number of benzene rings is 2. The van der Waals surface area contributed by atoms with Gasteiger partial charge in [0.15, 0.2) is 0 Å². The van der Waals surface area contributed by atoms with E-state index in [1.807, 2.05) is 0 Å². The Kier molecular flexibility index (Phi) is 1.29. The van der Waals surface area contributed by atoms with E-state index >= 15 is 0 Å². The van der Waals surface area contributed by atoms with E-state index in [-0.39, 0.29) is 0 Å². The Bertz CT molecular complexity index is 497. The summed E-state index contributed by atoms with van der Waals surface area (Å²) in [5.41, 5.74) is 2.69. The van der Waals surface area contributed by atoms with Crippen molar-refractivity contribution in [2.24, 2.45) is 0 Å². The molecule has 1 nitrogen and oxygen atoms in total. The zero-order valence-electron chi connectivity index (χ0n) is 7.20. The average molecular weight is 168 g/mol. The van der Waals surface area contributed by atoms with Gasteiger partial charge in [-0.15, -0.1) is 0 Å². The van der Waals surface area contributed by atoms with Gasteiger partial charge in [-0.1, -0.05) is 24.3 Å². The fourth-order valence-electron chi connectivity index (χ4n) is 1.89. The molecule has 2 aromatic rings. The Morgan fingerprint density at radius 2 is 1.85 bits per heavy atom. The van der Waals surface area contributed by atoms with E-state index in [0.717, 1.165) is 0 Å². The van der Waals surface area contributed by atoms with E-state index in [4.69, 9.17) is 0 Å². The molecule has 0 saturated heterocycles. The summed E-state index contributed by atoms with van der Waals surface area (Å²) in [4.78, 5) is 0. The molecule has 1 heteroatoms. The predicted octanol–water partition coefficient (Wildman–Crippen LogP) is 2.02. The highest BCUT2D eigenvalue weighted by Crippen LogP contribution is 2.26. The summed E-state index contributed by atoms with van der Waals surface area (Å²) in [6.45, 7) is 0. The van der Waals surface area contributed by atoms with Gasteiger partial charge in [-0.2, -0.15) is 0 Å². The third-order valence-corrected chi connectivity index (χ3v) is 2.54. The number of hydrogen-bond donors (Lipinski definition) is 1. The Morgan fingerprint density at radius 1 is 0.923 bits per heavy atom. The van der Waals surface area contributed by atoms with Crippen LogP contribution in [0.1, 0.15) is 5.56 Å². The molecule has 0 saturated carbocycles. The van der Waals surface area contributed by atoms with Crippen molar-refractivity contribution in [3.05, 3.63) is 48.2 Å². The van der Waals surface area contributed by atoms with Crippen molar-refractivity contribution >= 4 is 22.5 Å². The summed E-state index contributed by atoms with van der Waals surface area (Å²) in [6.07, 6.45) is 4.29. The molecular formula is C12H10N+. The lowest BCUT2D eigenvalue weighted by Crippen LogP contribution is -2.69. The topological polar surface area (TPSA) is 16.6 Å². The van der Waals surface area contributed by atoms with Crippen LogP contribution in [0, 0.1) is 0 Å². The maximum absolute atomic E-state index is 2.18. The molecule has 2 aromatic carbocycles. The van der Waals surface area contributed by atoms with Gasteiger partial charge in [0.25, 0.3) is 0 Å². The quantitative estimate of drug-likeness (QED) is 0.579. The third kappa shape index (κ3) is 0.910. The van der Waals surface area contributed by atoms with Crippen molar-refractivity contribution in [2.75, 3.05) is 0 Å². The van der Waals surface area contributed by atoms with Crippen molar-refractivity contribution in [1.82, 2.24) is 0 Å². The van der Waals surface area contributed by atoms with Gasteiger partial charge in [0, 0.05) is 17.7 Å². The van der Waals surface area contributed by atoms with Gasteiger partial charge in [0.05, 0.1) is 6.20 Å². The van der Waals surface area contributed by atoms with Crippen molar-refractivity contribution in [3.8, 4) is 0 Å². The second kappa shape index (κ2) is 2.44. The number of fused-ring (bicyclic) bond motifs is 3. The number of nitrogens with two attached hydrogens (primary N) is 1. The average Bonchev–Trinajstić information content (AvgIpc) is 2.65. The number of rotatable bonds is 0. The molecule has 1 heterocycles. The van der Waals surface area contributed by atoms with Crippen LogP contribution in [0.5, 0.6) is 0 Å². The predicted molar refractivity (Wildman–Crippen MR) is 54.6 cm³/mol. The number of hydrogen-bond acceptors (Lipinski definition) is 0. The minimum atomic E-state index is 1.32. The molecular weight excluding hydrogens is 158 g/mol. The van der Waals surface area contributed by atoms with Gasteiger partial charge in [0.1, 0.15) is 5.69 Å². The molecule has 0 radical (unpaired) electrons. The maximum Gasteiger partial charge on any atom is 0.142 e. The van der Waals surface area contributed by atoms with Gasteiger partial charge >= 0.3 is 0 Å². The second-order valence-corrected chi connectivity index (χ2v) is 3.32. The fourth-order valence-corrected chi connectivity index (χ4v) is 1.89. The molecule has 1 aliphatic rings. The second-order valence-electron chi connectivity index (χ2n) is 3.32. The Morgan fingerprint density at radius 3 is 2.85 bits per heavy atom. The SMILES string of the molecule is C1=Cc2c(ccc3ccccc23)[NH2+]1. The highest BCUT2D eigenvalue weighted by atomic mass is 14.9. The summed E-state index contributed by atoms with van der Waals surface area (Å²) in [5, 5.41) is 4.83. The van der Waals surface area contributed by atoms with Crippen molar-refractivity contribution in [1.29, 1.82) is 0 Å². The van der Waals surface area contributed by atoms with Crippen LogP contribution in [0.15, 0.2) is 42.6 Å². The molecule has 0 aliphatic carbocycles. The minimum absolute atomic E-state index is 1.32. The summed E-state index contributed by atoms with van der Waals surface area (Å²) >= 11 is 0. The van der Waals surface area contributed by atoms with Crippen molar-refractivity contribution in [3.63, 3.8) is 0 Å². The normalized spacial score (nSPS) is 13.5. The molecule has 0 amide bonds. The van der Waals surface area contributed by atoms with Crippen LogP contribution < -0.4 is 5.32 Å². The first kappa shape index (κ1) is 6.87. The Labute approximate surface area is 76.7 Å². The molecule has 62 valence electrons. The maximum atomic E-state index is 2.18. The van der Waals surface area contributed by atoms with Crippen LogP contribution in [-0.2, 0) is 0 Å². The third-order valence-electron chi connectivity index (χ3n) is 2.54. The zero-order valence-corrected chi connectivity index (χ0v) is 7.20. The van der Waals surface area contributed by atoms with Crippen molar-refractivity contribution in [2.45, 2.75) is 0 Å². The molecule has 1 aliphatic heterocycles. The lowest BCUT2D eigenvalue weighted by Gasteiger charge is -2.00. The van der Waals surface area contributed by atoms with Gasteiger partial charge in [0.2, 0.25) is 0 Å². The highest BCUT2D eigenvalue weighted by Gasteiger charge is 2.11. The standard InChI is InChI=1S/C12H9N/c1-2-4-10-9(3-1)5-6-12-11(10)7-8-13-12/h1-8,13H/p+1. The van der Waals surface area contributed by atoms with Crippen molar-refractivity contribution < 1.29 is 5.32 Å². The van der Waals surface area contributed by atoms with Crippen LogP contribution >= 0.6 is 0 Å². The zero-order chi connectivity index (χ0) is 8.67. The van der Waals surface area contributed by atoms with E-state index in [9.17, 15) is 0 Å². The fraction of sp³-hybridized carbons (Fsp3) is 0. The molecule has 0 bridgehead atoms. The lowest BCUT2D eigenvalue weighted by atomic mass is 10.0. The van der Waals surface area contributed by atoms with E-state index in [1.54, 1.807) is 0 Å². The van der Waals surface area contributed by atoms with Crippen LogP contribution in [0.3, 0.4) is 0 Å². The van der Waals surface area contributed by atoms with Crippen LogP contribution in [0.4, 0.5) is 5.69 Å². The highest BCUT2D eigenvalue weighted by molar-refractivity contribution is 5.94. The lowest BCUT2D eigenvalue weighted by molar-refractivity contribution is -0.491.